The molecule has 4 nitrogen and oxygen atoms in total. The number of nitrogens with two attached hydrogens (primary N) is 1. The zero-order chi connectivity index (χ0) is 12.3. The summed E-state index contributed by atoms with van der Waals surface area (Å²) in [5.74, 6) is 1.48. The second-order valence-electron chi connectivity index (χ2n) is 5.66. The Kier molecular flexibility index (Phi) is 4.26. The molecule has 2 amide bonds. The van der Waals surface area contributed by atoms with Crippen molar-refractivity contribution < 1.29 is 4.79 Å². The summed E-state index contributed by atoms with van der Waals surface area (Å²) in [6.45, 7) is 4.94. The molecular formula is C13H25N3O. The van der Waals surface area contributed by atoms with Gasteiger partial charge in [-0.25, -0.2) is 4.79 Å². The number of nitrogens with zero attached hydrogens (tertiary/aromatic N) is 1. The molecule has 0 aromatic heterocycles. The first-order valence-electron chi connectivity index (χ1n) is 6.96. The van der Waals surface area contributed by atoms with E-state index in [1.165, 1.54) is 25.7 Å². The maximum absolute atomic E-state index is 11.3. The van der Waals surface area contributed by atoms with E-state index in [0.717, 1.165) is 32.0 Å². The number of primary amides is 1. The zero-order valence-corrected chi connectivity index (χ0v) is 10.8. The van der Waals surface area contributed by atoms with E-state index in [4.69, 9.17) is 5.73 Å². The molecule has 4 heteroatoms. The van der Waals surface area contributed by atoms with Crippen LogP contribution in [0, 0.1) is 11.8 Å². The molecule has 2 atom stereocenters. The molecule has 0 radical (unpaired) electrons. The molecule has 1 aliphatic carbocycles. The van der Waals surface area contributed by atoms with E-state index in [-0.39, 0.29) is 6.03 Å². The predicted molar refractivity (Wildman–Crippen MR) is 68.7 cm³/mol. The van der Waals surface area contributed by atoms with Gasteiger partial charge in [0, 0.05) is 19.1 Å². The molecule has 1 heterocycles. The fourth-order valence-electron chi connectivity index (χ4n) is 2.86. The molecule has 2 aliphatic rings. The lowest BCUT2D eigenvalue weighted by Crippen LogP contribution is -2.53. The number of amides is 2. The zero-order valence-electron chi connectivity index (χ0n) is 10.8. The standard InChI is InChI=1S/C13H25N3O/c1-2-10-6-12(9-16(8-10)13(14)17)15-7-11-4-3-5-11/h10-12,15H,2-9H2,1H3,(H2,14,17). The van der Waals surface area contributed by atoms with Crippen LogP contribution in [0.1, 0.15) is 39.0 Å². The summed E-state index contributed by atoms with van der Waals surface area (Å²) in [5.41, 5.74) is 5.40. The Morgan fingerprint density at radius 3 is 2.65 bits per heavy atom. The number of carbonyl (C=O) groups is 1. The van der Waals surface area contributed by atoms with Gasteiger partial charge < -0.3 is 16.0 Å². The predicted octanol–water partition coefficient (Wildman–Crippen LogP) is 1.56. The van der Waals surface area contributed by atoms with Gasteiger partial charge in [0.05, 0.1) is 0 Å². The van der Waals surface area contributed by atoms with Gasteiger partial charge in [-0.3, -0.25) is 0 Å². The molecule has 1 saturated carbocycles. The van der Waals surface area contributed by atoms with Crippen LogP contribution in [0.5, 0.6) is 0 Å². The molecule has 2 fully saturated rings. The lowest BCUT2D eigenvalue weighted by Gasteiger charge is -2.38. The summed E-state index contributed by atoms with van der Waals surface area (Å²) < 4.78 is 0. The van der Waals surface area contributed by atoms with Crippen molar-refractivity contribution in [2.75, 3.05) is 19.6 Å². The van der Waals surface area contributed by atoms with Gasteiger partial charge in [0.15, 0.2) is 0 Å². The summed E-state index contributed by atoms with van der Waals surface area (Å²) in [6.07, 6.45) is 6.45. The largest absolute Gasteiger partial charge is 0.351 e. The molecule has 2 rings (SSSR count). The first-order valence-corrected chi connectivity index (χ1v) is 6.96. The fraction of sp³-hybridized carbons (Fsp3) is 0.923. The molecule has 1 saturated heterocycles. The van der Waals surface area contributed by atoms with E-state index in [1.807, 2.05) is 0 Å². The first kappa shape index (κ1) is 12.7. The van der Waals surface area contributed by atoms with Gasteiger partial charge in [0.1, 0.15) is 0 Å². The van der Waals surface area contributed by atoms with Crippen LogP contribution in [0.25, 0.3) is 0 Å². The molecule has 2 unspecified atom stereocenters. The van der Waals surface area contributed by atoms with Gasteiger partial charge in [-0.1, -0.05) is 19.8 Å². The molecule has 0 spiro atoms. The van der Waals surface area contributed by atoms with Crippen molar-refractivity contribution in [3.05, 3.63) is 0 Å². The van der Waals surface area contributed by atoms with Crippen LogP contribution < -0.4 is 11.1 Å². The van der Waals surface area contributed by atoms with Crippen LogP contribution in [-0.4, -0.2) is 36.6 Å². The Hall–Kier alpha value is -0.770. The quantitative estimate of drug-likeness (QED) is 0.782. The minimum Gasteiger partial charge on any atom is -0.351 e. The Balaban J connectivity index is 1.80. The smallest absolute Gasteiger partial charge is 0.314 e. The normalized spacial score (nSPS) is 30.1. The van der Waals surface area contributed by atoms with Gasteiger partial charge in [0.2, 0.25) is 0 Å². The average molecular weight is 239 g/mol. The summed E-state index contributed by atoms with van der Waals surface area (Å²) in [5, 5.41) is 3.62. The van der Waals surface area contributed by atoms with Crippen molar-refractivity contribution in [3.8, 4) is 0 Å². The van der Waals surface area contributed by atoms with Crippen molar-refractivity contribution in [1.29, 1.82) is 0 Å². The lowest BCUT2D eigenvalue weighted by molar-refractivity contribution is 0.146. The van der Waals surface area contributed by atoms with Crippen LogP contribution in [0.3, 0.4) is 0 Å². The maximum atomic E-state index is 11.3. The SMILES string of the molecule is CCC1CC(NCC2CCC2)CN(C(N)=O)C1. The number of rotatable bonds is 4. The number of hydrogen-bond donors (Lipinski definition) is 2. The Bertz CT molecular complexity index is 265. The van der Waals surface area contributed by atoms with E-state index in [2.05, 4.69) is 12.2 Å². The van der Waals surface area contributed by atoms with Gasteiger partial charge in [-0.15, -0.1) is 0 Å². The summed E-state index contributed by atoms with van der Waals surface area (Å²) in [4.78, 5) is 13.1. The molecule has 0 bridgehead atoms. The molecule has 0 aromatic rings. The average Bonchev–Trinajstić information content (AvgIpc) is 2.26. The van der Waals surface area contributed by atoms with Crippen molar-refractivity contribution in [3.63, 3.8) is 0 Å². The lowest BCUT2D eigenvalue weighted by atomic mass is 9.85. The van der Waals surface area contributed by atoms with Crippen LogP contribution in [0.15, 0.2) is 0 Å². The highest BCUT2D eigenvalue weighted by Crippen LogP contribution is 2.26. The number of nitrogens with one attached hydrogen (secondary N) is 1. The third kappa shape index (κ3) is 3.35. The van der Waals surface area contributed by atoms with Crippen molar-refractivity contribution >= 4 is 6.03 Å². The van der Waals surface area contributed by atoms with Gasteiger partial charge in [-0.2, -0.15) is 0 Å². The molecule has 0 aromatic carbocycles. The fourth-order valence-corrected chi connectivity index (χ4v) is 2.86. The number of piperidine rings is 1. The topological polar surface area (TPSA) is 58.4 Å². The van der Waals surface area contributed by atoms with E-state index >= 15 is 0 Å². The number of hydrogen-bond acceptors (Lipinski definition) is 2. The molecule has 3 N–H and O–H groups in total. The van der Waals surface area contributed by atoms with Crippen molar-refractivity contribution in [2.45, 2.75) is 45.1 Å². The highest BCUT2D eigenvalue weighted by Gasteiger charge is 2.28. The van der Waals surface area contributed by atoms with Gasteiger partial charge in [-0.05, 0) is 37.6 Å². The van der Waals surface area contributed by atoms with E-state index in [1.54, 1.807) is 4.90 Å². The Morgan fingerprint density at radius 2 is 2.12 bits per heavy atom. The van der Waals surface area contributed by atoms with Crippen molar-refractivity contribution in [2.24, 2.45) is 17.6 Å². The monoisotopic (exact) mass is 239 g/mol. The van der Waals surface area contributed by atoms with Gasteiger partial charge in [0.25, 0.3) is 0 Å². The van der Waals surface area contributed by atoms with Crippen LogP contribution in [0.4, 0.5) is 4.79 Å². The molecular weight excluding hydrogens is 214 g/mol. The Labute approximate surface area is 104 Å². The summed E-state index contributed by atoms with van der Waals surface area (Å²) in [6, 6.07) is 0.181. The van der Waals surface area contributed by atoms with E-state index < -0.39 is 0 Å². The van der Waals surface area contributed by atoms with Crippen LogP contribution in [0.2, 0.25) is 0 Å². The highest BCUT2D eigenvalue weighted by molar-refractivity contribution is 5.72. The minimum atomic E-state index is -0.265. The van der Waals surface area contributed by atoms with Gasteiger partial charge >= 0.3 is 6.03 Å². The highest BCUT2D eigenvalue weighted by atomic mass is 16.2. The number of urea groups is 1. The number of likely N-dealkylation sites (tertiary alicyclic amines) is 1. The third-order valence-electron chi connectivity index (χ3n) is 4.35. The Morgan fingerprint density at radius 1 is 1.35 bits per heavy atom. The summed E-state index contributed by atoms with van der Waals surface area (Å²) in [7, 11) is 0. The minimum absolute atomic E-state index is 0.265. The third-order valence-corrected chi connectivity index (χ3v) is 4.35. The second kappa shape index (κ2) is 5.71. The first-order chi connectivity index (χ1) is 8.19. The summed E-state index contributed by atoms with van der Waals surface area (Å²) >= 11 is 0. The second-order valence-corrected chi connectivity index (χ2v) is 5.66. The number of carbonyl (C=O) groups excluding carboxylic acids is 1. The van der Waals surface area contributed by atoms with Crippen LogP contribution >= 0.6 is 0 Å². The van der Waals surface area contributed by atoms with Crippen LogP contribution in [-0.2, 0) is 0 Å². The maximum Gasteiger partial charge on any atom is 0.314 e. The van der Waals surface area contributed by atoms with Crippen molar-refractivity contribution in [1.82, 2.24) is 10.2 Å². The molecule has 98 valence electrons. The van der Waals surface area contributed by atoms with E-state index in [0.29, 0.717) is 12.0 Å². The molecule has 1 aliphatic heterocycles. The molecule has 17 heavy (non-hydrogen) atoms. The van der Waals surface area contributed by atoms with E-state index in [9.17, 15) is 4.79 Å².